The molecule has 0 amide bonds. The SMILES string of the molecule is C/C=C/C(=O)O[C@@H]1/C=C/[C@@H](O)[C@@H](OC(C)=O)CCC(=O)O[C@@H]1C. The van der Waals surface area contributed by atoms with Crippen molar-refractivity contribution in [2.45, 2.75) is 58.0 Å². The quantitative estimate of drug-likeness (QED) is 0.358. The first-order valence-corrected chi connectivity index (χ1v) is 7.40. The molecule has 1 aliphatic rings. The van der Waals surface area contributed by atoms with Gasteiger partial charge < -0.3 is 19.3 Å². The van der Waals surface area contributed by atoms with Gasteiger partial charge in [-0.25, -0.2) is 4.79 Å². The molecule has 0 fully saturated rings. The van der Waals surface area contributed by atoms with Gasteiger partial charge in [0.2, 0.25) is 0 Å². The summed E-state index contributed by atoms with van der Waals surface area (Å²) in [6.07, 6.45) is 2.13. The Bertz CT molecular complexity index is 495. The summed E-state index contributed by atoms with van der Waals surface area (Å²) in [6, 6.07) is 0. The lowest BCUT2D eigenvalue weighted by Crippen LogP contribution is -2.35. The van der Waals surface area contributed by atoms with Gasteiger partial charge in [-0.2, -0.15) is 0 Å². The van der Waals surface area contributed by atoms with Crippen molar-refractivity contribution in [2.75, 3.05) is 0 Å². The van der Waals surface area contributed by atoms with E-state index in [-0.39, 0.29) is 12.8 Å². The molecule has 0 aliphatic carbocycles. The van der Waals surface area contributed by atoms with Crippen LogP contribution in [0.15, 0.2) is 24.3 Å². The van der Waals surface area contributed by atoms with Gasteiger partial charge in [0, 0.05) is 19.4 Å². The van der Waals surface area contributed by atoms with Gasteiger partial charge in [-0.15, -0.1) is 0 Å². The number of aliphatic hydroxyl groups excluding tert-OH is 1. The van der Waals surface area contributed by atoms with E-state index in [1.807, 2.05) is 0 Å². The molecule has 0 aromatic heterocycles. The first-order chi connectivity index (χ1) is 10.8. The van der Waals surface area contributed by atoms with Crippen molar-refractivity contribution in [3.05, 3.63) is 24.3 Å². The standard InChI is InChI=1S/C16H22O7/c1-4-5-15(19)23-13-7-6-12(18)14(22-11(3)17)8-9-16(20)21-10(13)2/h4-7,10,12-14,18H,8-9H2,1-3H3/b5-4+,7-6+/t10-,12-,13-,14+/m1/s1. The van der Waals surface area contributed by atoms with E-state index in [2.05, 4.69) is 0 Å². The molecule has 0 spiro atoms. The summed E-state index contributed by atoms with van der Waals surface area (Å²) in [5.74, 6) is -1.67. The Morgan fingerprint density at radius 1 is 1.35 bits per heavy atom. The minimum atomic E-state index is -1.11. The molecule has 7 heteroatoms. The minimum Gasteiger partial charge on any atom is -0.459 e. The van der Waals surface area contributed by atoms with Gasteiger partial charge in [-0.3, -0.25) is 9.59 Å². The topological polar surface area (TPSA) is 99.1 Å². The highest BCUT2D eigenvalue weighted by molar-refractivity contribution is 5.82. The lowest BCUT2D eigenvalue weighted by Gasteiger charge is -2.25. The van der Waals surface area contributed by atoms with Crippen LogP contribution in [0.2, 0.25) is 0 Å². The molecule has 1 heterocycles. The van der Waals surface area contributed by atoms with Crippen LogP contribution in [0.1, 0.15) is 33.6 Å². The van der Waals surface area contributed by atoms with Crippen LogP contribution in [0.5, 0.6) is 0 Å². The average molecular weight is 326 g/mol. The number of esters is 3. The maximum atomic E-state index is 11.8. The summed E-state index contributed by atoms with van der Waals surface area (Å²) in [5.41, 5.74) is 0. The Hall–Kier alpha value is -2.15. The Balaban J connectivity index is 2.93. The zero-order chi connectivity index (χ0) is 17.4. The maximum absolute atomic E-state index is 11.8. The van der Waals surface area contributed by atoms with Crippen LogP contribution in [0.4, 0.5) is 0 Å². The van der Waals surface area contributed by atoms with Crippen molar-refractivity contribution in [3.8, 4) is 0 Å². The largest absolute Gasteiger partial charge is 0.459 e. The van der Waals surface area contributed by atoms with Crippen molar-refractivity contribution < 1.29 is 33.7 Å². The molecule has 1 rings (SSSR count). The molecule has 0 radical (unpaired) electrons. The van der Waals surface area contributed by atoms with E-state index in [1.54, 1.807) is 13.8 Å². The fourth-order valence-corrected chi connectivity index (χ4v) is 2.05. The van der Waals surface area contributed by atoms with E-state index in [0.29, 0.717) is 0 Å². The molecule has 0 aromatic carbocycles. The molecule has 4 atom stereocenters. The van der Waals surface area contributed by atoms with Gasteiger partial charge in [0.15, 0.2) is 6.10 Å². The zero-order valence-electron chi connectivity index (χ0n) is 13.4. The summed E-state index contributed by atoms with van der Waals surface area (Å²) >= 11 is 0. The molecule has 0 saturated heterocycles. The molecule has 23 heavy (non-hydrogen) atoms. The number of rotatable bonds is 3. The van der Waals surface area contributed by atoms with E-state index in [1.165, 1.54) is 31.2 Å². The van der Waals surface area contributed by atoms with Gasteiger partial charge in [0.05, 0.1) is 0 Å². The van der Waals surface area contributed by atoms with Gasteiger partial charge in [-0.05, 0) is 26.3 Å². The highest BCUT2D eigenvalue weighted by atomic mass is 16.6. The maximum Gasteiger partial charge on any atom is 0.331 e. The van der Waals surface area contributed by atoms with Crippen molar-refractivity contribution >= 4 is 17.9 Å². The predicted octanol–water partition coefficient (Wildman–Crippen LogP) is 1.05. The van der Waals surface area contributed by atoms with Crippen molar-refractivity contribution in [1.29, 1.82) is 0 Å². The van der Waals surface area contributed by atoms with Crippen LogP contribution in [0, 0.1) is 0 Å². The molecular weight excluding hydrogens is 304 g/mol. The number of hydrogen-bond acceptors (Lipinski definition) is 7. The molecule has 128 valence electrons. The lowest BCUT2D eigenvalue weighted by molar-refractivity contribution is -0.163. The highest BCUT2D eigenvalue weighted by Gasteiger charge is 2.27. The number of cyclic esters (lactones) is 1. The molecular formula is C16H22O7. The Kier molecular flexibility index (Phi) is 7.47. The summed E-state index contributed by atoms with van der Waals surface area (Å²) in [5, 5.41) is 10.1. The van der Waals surface area contributed by atoms with Crippen molar-refractivity contribution in [2.24, 2.45) is 0 Å². The lowest BCUT2D eigenvalue weighted by atomic mass is 10.0. The second-order valence-electron chi connectivity index (χ2n) is 5.16. The summed E-state index contributed by atoms with van der Waals surface area (Å²) < 4.78 is 15.4. The Labute approximate surface area is 134 Å². The smallest absolute Gasteiger partial charge is 0.331 e. The molecule has 7 nitrogen and oxygen atoms in total. The van der Waals surface area contributed by atoms with Crippen molar-refractivity contribution in [1.82, 2.24) is 0 Å². The third-order valence-electron chi connectivity index (χ3n) is 3.16. The molecule has 1 N–H and O–H groups in total. The normalized spacial score (nSPS) is 30.3. The van der Waals surface area contributed by atoms with Gasteiger partial charge in [0.25, 0.3) is 0 Å². The zero-order valence-corrected chi connectivity index (χ0v) is 13.4. The van der Waals surface area contributed by atoms with E-state index >= 15 is 0 Å². The van der Waals surface area contributed by atoms with Crippen LogP contribution in [0.3, 0.4) is 0 Å². The summed E-state index contributed by atoms with van der Waals surface area (Å²) in [6.45, 7) is 4.48. The first-order valence-electron chi connectivity index (χ1n) is 7.40. The molecule has 0 saturated carbocycles. The number of hydrogen-bond donors (Lipinski definition) is 1. The van der Waals surface area contributed by atoms with E-state index in [4.69, 9.17) is 14.2 Å². The summed E-state index contributed by atoms with van der Waals surface area (Å²) in [7, 11) is 0. The van der Waals surface area contributed by atoms with E-state index < -0.39 is 42.3 Å². The Morgan fingerprint density at radius 2 is 2.04 bits per heavy atom. The minimum absolute atomic E-state index is 0.0251. The van der Waals surface area contributed by atoms with E-state index in [9.17, 15) is 19.5 Å². The van der Waals surface area contributed by atoms with Crippen LogP contribution in [-0.4, -0.2) is 47.4 Å². The van der Waals surface area contributed by atoms with Crippen molar-refractivity contribution in [3.63, 3.8) is 0 Å². The van der Waals surface area contributed by atoms with Crippen LogP contribution < -0.4 is 0 Å². The number of allylic oxidation sites excluding steroid dienone is 1. The summed E-state index contributed by atoms with van der Waals surface area (Å²) in [4.78, 5) is 34.4. The number of carbonyl (C=O) groups excluding carboxylic acids is 3. The highest BCUT2D eigenvalue weighted by Crippen LogP contribution is 2.16. The molecule has 0 aromatic rings. The Morgan fingerprint density at radius 3 is 2.65 bits per heavy atom. The van der Waals surface area contributed by atoms with Gasteiger partial charge in [0.1, 0.15) is 18.3 Å². The number of carbonyl (C=O) groups is 3. The van der Waals surface area contributed by atoms with Crippen LogP contribution in [-0.2, 0) is 28.6 Å². The monoisotopic (exact) mass is 326 g/mol. The molecule has 0 bridgehead atoms. The first kappa shape index (κ1) is 18.9. The fraction of sp³-hybridized carbons (Fsp3) is 0.562. The average Bonchev–Trinajstić information content (AvgIpc) is 2.46. The second kappa shape index (κ2) is 9.09. The molecule has 0 unspecified atom stereocenters. The van der Waals surface area contributed by atoms with Gasteiger partial charge >= 0.3 is 17.9 Å². The molecule has 1 aliphatic heterocycles. The van der Waals surface area contributed by atoms with E-state index in [0.717, 1.165) is 0 Å². The van der Waals surface area contributed by atoms with Crippen LogP contribution >= 0.6 is 0 Å². The fourth-order valence-electron chi connectivity index (χ4n) is 2.05. The predicted molar refractivity (Wildman–Crippen MR) is 80.2 cm³/mol. The van der Waals surface area contributed by atoms with Gasteiger partial charge in [-0.1, -0.05) is 12.2 Å². The number of ether oxygens (including phenoxy) is 3. The van der Waals surface area contributed by atoms with Crippen LogP contribution in [0.25, 0.3) is 0 Å². The number of aliphatic hydroxyl groups is 1. The second-order valence-corrected chi connectivity index (χ2v) is 5.16. The third-order valence-corrected chi connectivity index (χ3v) is 3.16. The third kappa shape index (κ3) is 6.65.